The van der Waals surface area contributed by atoms with Crippen LogP contribution in [0.1, 0.15) is 45.2 Å². The van der Waals surface area contributed by atoms with Gasteiger partial charge in [-0.2, -0.15) is 0 Å². The number of nitrogens with zero attached hydrogens (tertiary/aromatic N) is 1. The van der Waals surface area contributed by atoms with E-state index in [-0.39, 0.29) is 29.7 Å². The molecule has 2 N–H and O–H groups in total. The summed E-state index contributed by atoms with van der Waals surface area (Å²) in [5.41, 5.74) is 2.58. The van der Waals surface area contributed by atoms with Crippen LogP contribution >= 0.6 is 0 Å². The molecule has 5 heteroatoms. The molecule has 134 valence electrons. The number of anilines is 1. The maximum Gasteiger partial charge on any atom is 0.223 e. The van der Waals surface area contributed by atoms with Crippen LogP contribution < -0.4 is 10.6 Å². The van der Waals surface area contributed by atoms with Crippen molar-refractivity contribution in [2.24, 2.45) is 5.92 Å². The maximum atomic E-state index is 13.7. The third-order valence-corrected chi connectivity index (χ3v) is 4.73. The lowest BCUT2D eigenvalue weighted by molar-refractivity contribution is -0.126. The van der Waals surface area contributed by atoms with Crippen LogP contribution in [0.5, 0.6) is 0 Å². The first-order valence-corrected chi connectivity index (χ1v) is 9.06. The molecule has 0 aliphatic heterocycles. The van der Waals surface area contributed by atoms with E-state index in [4.69, 9.17) is 0 Å². The quantitative estimate of drug-likeness (QED) is 0.876. The van der Waals surface area contributed by atoms with Gasteiger partial charge in [0, 0.05) is 34.8 Å². The number of amides is 1. The van der Waals surface area contributed by atoms with Crippen molar-refractivity contribution in [1.82, 2.24) is 10.3 Å². The summed E-state index contributed by atoms with van der Waals surface area (Å²) < 4.78 is 13.7. The first kappa shape index (κ1) is 17.6. The second-order valence-corrected chi connectivity index (χ2v) is 7.34. The molecule has 1 aromatic carbocycles. The van der Waals surface area contributed by atoms with E-state index in [1.165, 1.54) is 12.1 Å². The molecule has 2 aromatic rings. The van der Waals surface area contributed by atoms with Crippen LogP contribution in [0, 0.1) is 18.7 Å². The molecule has 1 aliphatic rings. The van der Waals surface area contributed by atoms with Gasteiger partial charge < -0.3 is 10.6 Å². The number of carbonyl (C=O) groups excluding carboxylic acids is 1. The summed E-state index contributed by atoms with van der Waals surface area (Å²) in [5.74, 6) is -0.0815. The van der Waals surface area contributed by atoms with Gasteiger partial charge in [0.05, 0.1) is 5.52 Å². The summed E-state index contributed by atoms with van der Waals surface area (Å²) in [6, 6.07) is 7.00. The van der Waals surface area contributed by atoms with E-state index in [1.54, 1.807) is 6.07 Å². The topological polar surface area (TPSA) is 54.0 Å². The summed E-state index contributed by atoms with van der Waals surface area (Å²) in [7, 11) is 0. The summed E-state index contributed by atoms with van der Waals surface area (Å²) in [6.07, 6.45) is 3.77. The van der Waals surface area contributed by atoms with Crippen molar-refractivity contribution < 1.29 is 9.18 Å². The fourth-order valence-electron chi connectivity index (χ4n) is 3.63. The van der Waals surface area contributed by atoms with Crippen LogP contribution in [0.2, 0.25) is 0 Å². The lowest BCUT2D eigenvalue weighted by Crippen LogP contribution is -2.40. The highest BCUT2D eigenvalue weighted by atomic mass is 19.1. The molecule has 1 aromatic heterocycles. The first-order chi connectivity index (χ1) is 11.9. The van der Waals surface area contributed by atoms with Crippen LogP contribution in [0.4, 0.5) is 10.1 Å². The average Bonchev–Trinajstić information content (AvgIpc) is 2.55. The first-order valence-electron chi connectivity index (χ1n) is 9.06. The van der Waals surface area contributed by atoms with Crippen molar-refractivity contribution in [3.8, 4) is 0 Å². The molecule has 1 heterocycles. The summed E-state index contributed by atoms with van der Waals surface area (Å²) >= 11 is 0. The predicted octanol–water partition coefficient (Wildman–Crippen LogP) is 4.18. The van der Waals surface area contributed by atoms with E-state index in [0.717, 1.165) is 48.0 Å². The SMILES string of the molecule is Cc1cc(NC2CCCC(C(=O)NC(C)C)C2)c2cc(F)ccc2n1. The Hall–Kier alpha value is -2.17. The highest BCUT2D eigenvalue weighted by Crippen LogP contribution is 2.30. The van der Waals surface area contributed by atoms with Gasteiger partial charge in [-0.05, 0) is 64.3 Å². The Balaban J connectivity index is 1.79. The average molecular weight is 343 g/mol. The van der Waals surface area contributed by atoms with Crippen molar-refractivity contribution in [2.75, 3.05) is 5.32 Å². The zero-order chi connectivity index (χ0) is 18.0. The Labute approximate surface area is 148 Å². The number of hydrogen-bond donors (Lipinski definition) is 2. The van der Waals surface area contributed by atoms with E-state index in [9.17, 15) is 9.18 Å². The van der Waals surface area contributed by atoms with Gasteiger partial charge in [0.2, 0.25) is 5.91 Å². The molecule has 2 unspecified atom stereocenters. The Bertz CT molecular complexity index is 775. The molecule has 1 saturated carbocycles. The molecule has 3 rings (SSSR count). The number of rotatable bonds is 4. The van der Waals surface area contributed by atoms with E-state index < -0.39 is 0 Å². The van der Waals surface area contributed by atoms with Crippen molar-refractivity contribution in [3.05, 3.63) is 35.8 Å². The van der Waals surface area contributed by atoms with Crippen LogP contribution in [-0.2, 0) is 4.79 Å². The van der Waals surface area contributed by atoms with E-state index in [1.807, 2.05) is 26.8 Å². The fraction of sp³-hybridized carbons (Fsp3) is 0.500. The van der Waals surface area contributed by atoms with Gasteiger partial charge >= 0.3 is 0 Å². The maximum absolute atomic E-state index is 13.7. The highest BCUT2D eigenvalue weighted by Gasteiger charge is 2.27. The molecule has 2 atom stereocenters. The van der Waals surface area contributed by atoms with Crippen molar-refractivity contribution in [1.29, 1.82) is 0 Å². The number of pyridine rings is 1. The molecule has 1 aliphatic carbocycles. The number of hydrogen-bond acceptors (Lipinski definition) is 3. The number of benzene rings is 1. The van der Waals surface area contributed by atoms with Crippen LogP contribution in [0.25, 0.3) is 10.9 Å². The lowest BCUT2D eigenvalue weighted by Gasteiger charge is -2.30. The standard InChI is InChI=1S/C20H26FN3O/c1-12(2)22-20(25)14-5-4-6-16(10-14)24-19-9-13(3)23-18-8-7-15(21)11-17(18)19/h7-9,11-12,14,16H,4-6,10H2,1-3H3,(H,22,25)(H,23,24). The van der Waals surface area contributed by atoms with Gasteiger partial charge in [0.15, 0.2) is 0 Å². The molecule has 1 amide bonds. The normalized spacial score (nSPS) is 20.7. The third kappa shape index (κ3) is 4.27. The van der Waals surface area contributed by atoms with Gasteiger partial charge in [0.25, 0.3) is 0 Å². The molecule has 1 fully saturated rings. The summed E-state index contributed by atoms with van der Waals surface area (Å²) in [4.78, 5) is 16.8. The second-order valence-electron chi connectivity index (χ2n) is 7.34. The van der Waals surface area contributed by atoms with Gasteiger partial charge in [-0.15, -0.1) is 0 Å². The van der Waals surface area contributed by atoms with Crippen molar-refractivity contribution in [2.45, 2.75) is 58.5 Å². The predicted molar refractivity (Wildman–Crippen MR) is 99.1 cm³/mol. The molecular formula is C20H26FN3O. The minimum absolute atomic E-state index is 0.0413. The van der Waals surface area contributed by atoms with E-state index >= 15 is 0 Å². The van der Waals surface area contributed by atoms with Gasteiger partial charge in [-0.25, -0.2) is 4.39 Å². The monoisotopic (exact) mass is 343 g/mol. The number of aromatic nitrogens is 1. The number of halogens is 1. The van der Waals surface area contributed by atoms with Gasteiger partial charge in [-0.3, -0.25) is 9.78 Å². The molecular weight excluding hydrogens is 317 g/mol. The van der Waals surface area contributed by atoms with Crippen LogP contribution in [0.15, 0.2) is 24.3 Å². The molecule has 4 nitrogen and oxygen atoms in total. The molecule has 0 radical (unpaired) electrons. The van der Waals surface area contributed by atoms with Gasteiger partial charge in [-0.1, -0.05) is 6.42 Å². The van der Waals surface area contributed by atoms with Crippen molar-refractivity contribution in [3.63, 3.8) is 0 Å². The fourth-order valence-corrected chi connectivity index (χ4v) is 3.63. The molecule has 0 saturated heterocycles. The Kier molecular flexibility index (Phi) is 5.21. The zero-order valence-corrected chi connectivity index (χ0v) is 15.1. The number of nitrogens with one attached hydrogen (secondary N) is 2. The van der Waals surface area contributed by atoms with Crippen LogP contribution in [-0.4, -0.2) is 23.0 Å². The Morgan fingerprint density at radius 2 is 2.08 bits per heavy atom. The van der Waals surface area contributed by atoms with Crippen molar-refractivity contribution >= 4 is 22.5 Å². The second kappa shape index (κ2) is 7.38. The largest absolute Gasteiger partial charge is 0.382 e. The number of fused-ring (bicyclic) bond motifs is 1. The third-order valence-electron chi connectivity index (χ3n) is 4.73. The Morgan fingerprint density at radius 3 is 2.84 bits per heavy atom. The highest BCUT2D eigenvalue weighted by molar-refractivity contribution is 5.91. The summed E-state index contributed by atoms with van der Waals surface area (Å²) in [6.45, 7) is 5.90. The van der Waals surface area contributed by atoms with E-state index in [2.05, 4.69) is 15.6 Å². The van der Waals surface area contributed by atoms with E-state index in [0.29, 0.717) is 0 Å². The smallest absolute Gasteiger partial charge is 0.223 e. The minimum Gasteiger partial charge on any atom is -0.382 e. The zero-order valence-electron chi connectivity index (χ0n) is 15.1. The van der Waals surface area contributed by atoms with Crippen LogP contribution in [0.3, 0.4) is 0 Å². The number of carbonyl (C=O) groups is 1. The molecule has 0 bridgehead atoms. The Morgan fingerprint density at radius 1 is 1.28 bits per heavy atom. The lowest BCUT2D eigenvalue weighted by atomic mass is 9.84. The van der Waals surface area contributed by atoms with Gasteiger partial charge in [0.1, 0.15) is 5.82 Å². The molecule has 0 spiro atoms. The minimum atomic E-state index is -0.265. The summed E-state index contributed by atoms with van der Waals surface area (Å²) in [5, 5.41) is 7.35. The number of aryl methyl sites for hydroxylation is 1. The molecule has 25 heavy (non-hydrogen) atoms.